The molecule has 0 fully saturated rings. The zero-order valence-corrected chi connectivity index (χ0v) is 11.1. The summed E-state index contributed by atoms with van der Waals surface area (Å²) in [6, 6.07) is 1.93. The first kappa shape index (κ1) is 17.0. The topological polar surface area (TPSA) is 110 Å². The highest BCUT2D eigenvalue weighted by molar-refractivity contribution is 6.34. The molecule has 0 aliphatic rings. The van der Waals surface area contributed by atoms with Gasteiger partial charge in [-0.05, 0) is 6.07 Å². The number of halogens is 4. The summed E-state index contributed by atoms with van der Waals surface area (Å²) < 4.78 is 35.9. The van der Waals surface area contributed by atoms with E-state index in [9.17, 15) is 28.1 Å². The summed E-state index contributed by atoms with van der Waals surface area (Å²) in [6.45, 7) is -0.648. The maximum atomic E-state index is 12.0. The number of nitro groups is 1. The summed E-state index contributed by atoms with van der Waals surface area (Å²) in [5.74, 6) is 4.17. The maximum absolute atomic E-state index is 12.0. The van der Waals surface area contributed by atoms with E-state index in [2.05, 4.69) is 0 Å². The lowest BCUT2D eigenvalue weighted by molar-refractivity contribution is -0.384. The first-order valence-corrected chi connectivity index (χ1v) is 5.83. The highest BCUT2D eigenvalue weighted by Gasteiger charge is 2.27. The van der Waals surface area contributed by atoms with Crippen LogP contribution in [0.15, 0.2) is 12.1 Å². The molecule has 116 valence electrons. The second kappa shape index (κ2) is 6.59. The van der Waals surface area contributed by atoms with Gasteiger partial charge in [-0.15, -0.1) is 0 Å². The number of alkyl halides is 3. The number of hydrazine groups is 1. The van der Waals surface area contributed by atoms with Gasteiger partial charge in [0.2, 0.25) is 0 Å². The molecular formula is C10H10ClF3N4O3. The normalized spacial score (nSPS) is 11.1. The third-order valence-corrected chi connectivity index (χ3v) is 2.66. The van der Waals surface area contributed by atoms with Crippen LogP contribution in [-0.2, 0) is 0 Å². The molecule has 0 heterocycles. The Kier molecular flexibility index (Phi) is 5.33. The zero-order chi connectivity index (χ0) is 16.2. The fourth-order valence-corrected chi connectivity index (χ4v) is 1.70. The Bertz CT molecular complexity index is 565. The van der Waals surface area contributed by atoms with Crippen LogP contribution in [0.1, 0.15) is 16.8 Å². The standard InChI is InChI=1S/C10H10ClF3N4O3/c11-6-3-5(4-7(18(20)21)8(6)17-15)9(19)16-2-1-10(12,13)14/h3-4,17H,1-2,15H2,(H,16,19). The maximum Gasteiger partial charge on any atom is 0.390 e. The number of carbonyl (C=O) groups excluding carboxylic acids is 1. The number of carbonyl (C=O) groups is 1. The molecule has 21 heavy (non-hydrogen) atoms. The van der Waals surface area contributed by atoms with E-state index in [1.165, 1.54) is 0 Å². The van der Waals surface area contributed by atoms with Gasteiger partial charge in [0.25, 0.3) is 11.6 Å². The van der Waals surface area contributed by atoms with Crippen molar-refractivity contribution in [3.63, 3.8) is 0 Å². The van der Waals surface area contributed by atoms with Crippen LogP contribution in [0.2, 0.25) is 5.02 Å². The Labute approximate surface area is 121 Å². The molecule has 1 rings (SSSR count). The summed E-state index contributed by atoms with van der Waals surface area (Å²) in [7, 11) is 0. The smallest absolute Gasteiger partial charge is 0.352 e. The van der Waals surface area contributed by atoms with E-state index in [1.807, 2.05) is 10.7 Å². The molecule has 1 aromatic carbocycles. The molecule has 0 radical (unpaired) electrons. The highest BCUT2D eigenvalue weighted by atomic mass is 35.5. The van der Waals surface area contributed by atoms with Gasteiger partial charge in [0, 0.05) is 18.2 Å². The van der Waals surface area contributed by atoms with Crippen molar-refractivity contribution in [2.45, 2.75) is 12.6 Å². The van der Waals surface area contributed by atoms with E-state index < -0.39 is 35.7 Å². The number of hydrogen-bond donors (Lipinski definition) is 3. The number of nitrogen functional groups attached to an aromatic ring is 1. The Morgan fingerprint density at radius 2 is 2.05 bits per heavy atom. The third-order valence-electron chi connectivity index (χ3n) is 2.37. The Morgan fingerprint density at radius 3 is 2.52 bits per heavy atom. The van der Waals surface area contributed by atoms with Crippen LogP contribution in [0.5, 0.6) is 0 Å². The number of benzene rings is 1. The lowest BCUT2D eigenvalue weighted by Gasteiger charge is -2.10. The highest BCUT2D eigenvalue weighted by Crippen LogP contribution is 2.33. The summed E-state index contributed by atoms with van der Waals surface area (Å²) >= 11 is 5.72. The van der Waals surface area contributed by atoms with Gasteiger partial charge in [0.1, 0.15) is 5.69 Å². The van der Waals surface area contributed by atoms with E-state index >= 15 is 0 Å². The molecule has 7 nitrogen and oxygen atoms in total. The van der Waals surface area contributed by atoms with E-state index in [0.717, 1.165) is 12.1 Å². The second-order valence-electron chi connectivity index (χ2n) is 3.87. The van der Waals surface area contributed by atoms with Crippen molar-refractivity contribution in [1.29, 1.82) is 0 Å². The predicted molar refractivity (Wildman–Crippen MR) is 68.9 cm³/mol. The van der Waals surface area contributed by atoms with Gasteiger partial charge in [-0.3, -0.25) is 20.8 Å². The summed E-state index contributed by atoms with van der Waals surface area (Å²) in [6.07, 6.45) is -5.62. The SMILES string of the molecule is NNc1c(Cl)cc(C(=O)NCCC(F)(F)F)cc1[N+](=O)[O-]. The fourth-order valence-electron chi connectivity index (χ4n) is 1.43. The van der Waals surface area contributed by atoms with Crippen LogP contribution >= 0.6 is 11.6 Å². The van der Waals surface area contributed by atoms with Crippen molar-refractivity contribution < 1.29 is 22.9 Å². The number of amides is 1. The van der Waals surface area contributed by atoms with Crippen LogP contribution in [0.25, 0.3) is 0 Å². The first-order chi connectivity index (χ1) is 9.65. The van der Waals surface area contributed by atoms with E-state index in [1.54, 1.807) is 0 Å². The van der Waals surface area contributed by atoms with E-state index in [-0.39, 0.29) is 16.3 Å². The minimum Gasteiger partial charge on any atom is -0.352 e. The number of nitrogens with two attached hydrogens (primary N) is 1. The van der Waals surface area contributed by atoms with Crippen molar-refractivity contribution >= 4 is 28.9 Å². The van der Waals surface area contributed by atoms with Crippen LogP contribution in [-0.4, -0.2) is 23.6 Å². The summed E-state index contributed by atoms with van der Waals surface area (Å²) in [4.78, 5) is 21.6. The number of hydrogen-bond acceptors (Lipinski definition) is 5. The largest absolute Gasteiger partial charge is 0.390 e. The lowest BCUT2D eigenvalue weighted by Crippen LogP contribution is -2.28. The van der Waals surface area contributed by atoms with Gasteiger partial charge in [-0.25, -0.2) is 0 Å². The summed E-state index contributed by atoms with van der Waals surface area (Å²) in [5, 5.41) is 12.6. The molecule has 11 heteroatoms. The minimum absolute atomic E-state index is 0.200. The molecule has 0 aliphatic heterocycles. The zero-order valence-electron chi connectivity index (χ0n) is 10.3. The molecule has 0 unspecified atom stereocenters. The van der Waals surface area contributed by atoms with Crippen LogP contribution in [0, 0.1) is 10.1 Å². The van der Waals surface area contributed by atoms with Crippen molar-refractivity contribution in [3.8, 4) is 0 Å². The Balaban J connectivity index is 2.93. The third kappa shape index (κ3) is 4.76. The van der Waals surface area contributed by atoms with Gasteiger partial charge >= 0.3 is 6.18 Å². The van der Waals surface area contributed by atoms with Gasteiger partial charge in [0.05, 0.1) is 16.4 Å². The molecule has 0 atom stereocenters. The molecule has 1 amide bonds. The van der Waals surface area contributed by atoms with Gasteiger partial charge < -0.3 is 10.7 Å². The predicted octanol–water partition coefficient (Wildman–Crippen LogP) is 2.22. The number of nitrogens with zero attached hydrogens (tertiary/aromatic N) is 1. The van der Waals surface area contributed by atoms with Crippen LogP contribution in [0.3, 0.4) is 0 Å². The van der Waals surface area contributed by atoms with Crippen molar-refractivity contribution in [1.82, 2.24) is 5.32 Å². The molecular weight excluding hydrogens is 317 g/mol. The van der Waals surface area contributed by atoms with E-state index in [0.29, 0.717) is 0 Å². The molecule has 0 saturated carbocycles. The molecule has 0 saturated heterocycles. The molecule has 0 spiro atoms. The monoisotopic (exact) mass is 326 g/mol. The van der Waals surface area contributed by atoms with Gasteiger partial charge in [-0.2, -0.15) is 13.2 Å². The first-order valence-electron chi connectivity index (χ1n) is 5.45. The fraction of sp³-hybridized carbons (Fsp3) is 0.300. The van der Waals surface area contributed by atoms with Crippen LogP contribution in [0.4, 0.5) is 24.5 Å². The number of nitrogens with one attached hydrogen (secondary N) is 2. The van der Waals surface area contributed by atoms with Crippen LogP contribution < -0.4 is 16.6 Å². The molecule has 4 N–H and O–H groups in total. The molecule has 1 aromatic rings. The van der Waals surface area contributed by atoms with Crippen molar-refractivity contribution in [2.75, 3.05) is 12.0 Å². The quantitative estimate of drug-likeness (QED) is 0.436. The summed E-state index contributed by atoms with van der Waals surface area (Å²) in [5.41, 5.74) is 1.01. The van der Waals surface area contributed by atoms with Gasteiger partial charge in [-0.1, -0.05) is 11.6 Å². The lowest BCUT2D eigenvalue weighted by atomic mass is 10.1. The number of anilines is 1. The molecule has 0 aromatic heterocycles. The van der Waals surface area contributed by atoms with Crippen molar-refractivity contribution in [3.05, 3.63) is 32.8 Å². The molecule has 0 bridgehead atoms. The molecule has 0 aliphatic carbocycles. The second-order valence-corrected chi connectivity index (χ2v) is 4.28. The average molecular weight is 327 g/mol. The van der Waals surface area contributed by atoms with Crippen molar-refractivity contribution in [2.24, 2.45) is 5.84 Å². The number of rotatable bonds is 5. The average Bonchev–Trinajstić information content (AvgIpc) is 2.35. The van der Waals surface area contributed by atoms with E-state index in [4.69, 9.17) is 17.4 Å². The number of nitro benzene ring substituents is 1. The van der Waals surface area contributed by atoms with Gasteiger partial charge in [0.15, 0.2) is 0 Å². The Hall–Kier alpha value is -2.07. The Morgan fingerprint density at radius 1 is 1.43 bits per heavy atom. The minimum atomic E-state index is -4.41.